The summed E-state index contributed by atoms with van der Waals surface area (Å²) in [4.78, 5) is 24.6. The van der Waals surface area contributed by atoms with Crippen LogP contribution in [0.1, 0.15) is 25.7 Å². The molecule has 0 unspecified atom stereocenters. The Labute approximate surface area is 142 Å². The van der Waals surface area contributed by atoms with Crippen molar-refractivity contribution in [3.8, 4) is 0 Å². The Morgan fingerprint density at radius 1 is 0.792 bits per heavy atom. The molecule has 2 heterocycles. The minimum absolute atomic E-state index is 0.0679. The van der Waals surface area contributed by atoms with Crippen LogP contribution < -0.4 is 21.3 Å². The summed E-state index contributed by atoms with van der Waals surface area (Å²) in [7, 11) is 0. The average Bonchev–Trinajstić information content (AvgIpc) is 2.63. The highest BCUT2D eigenvalue weighted by Crippen LogP contribution is 2.20. The molecule has 2 saturated heterocycles. The first-order chi connectivity index (χ1) is 11.7. The molecule has 0 radical (unpaired) electrons. The quantitative estimate of drug-likeness (QED) is 0.675. The Balaban J connectivity index is 1.57. The third-order valence-electron chi connectivity index (χ3n) is 4.82. The molecule has 130 valence electrons. The van der Waals surface area contributed by atoms with Crippen molar-refractivity contribution in [1.82, 2.24) is 10.6 Å². The predicted octanol–water partition coefficient (Wildman–Crippen LogP) is 1.56. The van der Waals surface area contributed by atoms with Crippen molar-refractivity contribution < 1.29 is 9.59 Å². The SMILES string of the molecule is O=C(Nc1cccc(NC(=O)C2CCNCC2)c1)C1CCNCC1. The molecule has 0 saturated carbocycles. The Morgan fingerprint density at radius 3 is 1.62 bits per heavy atom. The Hall–Kier alpha value is -1.92. The van der Waals surface area contributed by atoms with Crippen molar-refractivity contribution in [2.45, 2.75) is 25.7 Å². The van der Waals surface area contributed by atoms with E-state index < -0.39 is 0 Å². The van der Waals surface area contributed by atoms with Gasteiger partial charge >= 0.3 is 0 Å². The van der Waals surface area contributed by atoms with Crippen molar-refractivity contribution in [2.75, 3.05) is 36.8 Å². The van der Waals surface area contributed by atoms with Gasteiger partial charge in [0, 0.05) is 23.2 Å². The molecule has 2 amide bonds. The van der Waals surface area contributed by atoms with Crippen LogP contribution in [0.4, 0.5) is 11.4 Å². The molecule has 0 aromatic heterocycles. The third-order valence-corrected chi connectivity index (χ3v) is 4.82. The molecule has 2 aliphatic rings. The van der Waals surface area contributed by atoms with E-state index in [2.05, 4.69) is 21.3 Å². The van der Waals surface area contributed by atoms with E-state index >= 15 is 0 Å². The van der Waals surface area contributed by atoms with E-state index in [1.54, 1.807) is 0 Å². The topological polar surface area (TPSA) is 82.3 Å². The van der Waals surface area contributed by atoms with Gasteiger partial charge in [-0.2, -0.15) is 0 Å². The lowest BCUT2D eigenvalue weighted by Gasteiger charge is -2.22. The van der Waals surface area contributed by atoms with Gasteiger partial charge in [-0.1, -0.05) is 6.07 Å². The van der Waals surface area contributed by atoms with E-state index in [-0.39, 0.29) is 23.7 Å². The summed E-state index contributed by atoms with van der Waals surface area (Å²) in [6, 6.07) is 7.41. The van der Waals surface area contributed by atoms with E-state index in [0.717, 1.165) is 63.2 Å². The Bertz CT molecular complexity index is 531. The first kappa shape index (κ1) is 16.9. The maximum absolute atomic E-state index is 12.3. The van der Waals surface area contributed by atoms with Crippen LogP contribution in [0.2, 0.25) is 0 Å². The van der Waals surface area contributed by atoms with Gasteiger partial charge in [0.15, 0.2) is 0 Å². The molecular weight excluding hydrogens is 304 g/mol. The fourth-order valence-electron chi connectivity index (χ4n) is 3.33. The normalized spacial score (nSPS) is 19.7. The van der Waals surface area contributed by atoms with Gasteiger partial charge in [-0.25, -0.2) is 0 Å². The van der Waals surface area contributed by atoms with Crippen LogP contribution >= 0.6 is 0 Å². The summed E-state index contributed by atoms with van der Waals surface area (Å²) in [6.45, 7) is 3.57. The number of hydrogen-bond donors (Lipinski definition) is 4. The fourth-order valence-corrected chi connectivity index (χ4v) is 3.33. The highest BCUT2D eigenvalue weighted by molar-refractivity contribution is 5.95. The summed E-state index contributed by atoms with van der Waals surface area (Å²) in [5, 5.41) is 12.5. The molecule has 4 N–H and O–H groups in total. The lowest BCUT2D eigenvalue weighted by Crippen LogP contribution is -2.35. The number of nitrogens with one attached hydrogen (secondary N) is 4. The number of carbonyl (C=O) groups excluding carboxylic acids is 2. The maximum atomic E-state index is 12.3. The van der Waals surface area contributed by atoms with Crippen LogP contribution in [0.25, 0.3) is 0 Å². The van der Waals surface area contributed by atoms with E-state index in [9.17, 15) is 9.59 Å². The number of hydrogen-bond acceptors (Lipinski definition) is 4. The summed E-state index contributed by atoms with van der Waals surface area (Å²) >= 11 is 0. The average molecular weight is 330 g/mol. The molecule has 1 aromatic carbocycles. The number of anilines is 2. The van der Waals surface area contributed by atoms with Gasteiger partial charge in [0.2, 0.25) is 11.8 Å². The number of rotatable bonds is 4. The van der Waals surface area contributed by atoms with E-state index in [0.29, 0.717) is 0 Å². The second-order valence-electron chi connectivity index (χ2n) is 6.61. The molecule has 24 heavy (non-hydrogen) atoms. The van der Waals surface area contributed by atoms with Crippen LogP contribution in [0.3, 0.4) is 0 Å². The largest absolute Gasteiger partial charge is 0.326 e. The van der Waals surface area contributed by atoms with Crippen LogP contribution in [0.15, 0.2) is 24.3 Å². The standard InChI is InChI=1S/C18H26N4O2/c23-17(13-4-8-19-9-5-13)21-15-2-1-3-16(12-15)22-18(24)14-6-10-20-11-7-14/h1-3,12-14,19-20H,4-11H2,(H,21,23)(H,22,24). The molecule has 0 bridgehead atoms. The summed E-state index contributed by atoms with van der Waals surface area (Å²) in [5.41, 5.74) is 1.48. The van der Waals surface area contributed by atoms with Crippen LogP contribution in [0.5, 0.6) is 0 Å². The minimum atomic E-state index is 0.0679. The molecule has 0 atom stereocenters. The maximum Gasteiger partial charge on any atom is 0.227 e. The van der Waals surface area contributed by atoms with Gasteiger partial charge in [-0.15, -0.1) is 0 Å². The lowest BCUT2D eigenvalue weighted by atomic mass is 9.97. The zero-order valence-electron chi connectivity index (χ0n) is 13.9. The van der Waals surface area contributed by atoms with Crippen molar-refractivity contribution in [1.29, 1.82) is 0 Å². The zero-order valence-corrected chi connectivity index (χ0v) is 13.9. The van der Waals surface area contributed by atoms with Crippen LogP contribution in [0, 0.1) is 11.8 Å². The van der Waals surface area contributed by atoms with Crippen LogP contribution in [-0.4, -0.2) is 38.0 Å². The number of amides is 2. The molecule has 1 aromatic rings. The molecule has 6 nitrogen and oxygen atoms in total. The smallest absolute Gasteiger partial charge is 0.227 e. The van der Waals surface area contributed by atoms with Gasteiger partial charge in [0.25, 0.3) is 0 Å². The van der Waals surface area contributed by atoms with Gasteiger partial charge in [-0.3, -0.25) is 9.59 Å². The van der Waals surface area contributed by atoms with Crippen molar-refractivity contribution in [2.24, 2.45) is 11.8 Å². The highest BCUT2D eigenvalue weighted by atomic mass is 16.2. The molecule has 3 rings (SSSR count). The second kappa shape index (κ2) is 8.26. The number of carbonyl (C=O) groups is 2. The minimum Gasteiger partial charge on any atom is -0.326 e. The van der Waals surface area contributed by atoms with E-state index in [1.807, 2.05) is 24.3 Å². The van der Waals surface area contributed by atoms with Gasteiger partial charge in [0.05, 0.1) is 0 Å². The molecule has 6 heteroatoms. The fraction of sp³-hybridized carbons (Fsp3) is 0.556. The van der Waals surface area contributed by atoms with Crippen molar-refractivity contribution in [3.05, 3.63) is 24.3 Å². The van der Waals surface area contributed by atoms with Gasteiger partial charge in [0.1, 0.15) is 0 Å². The first-order valence-electron chi connectivity index (χ1n) is 8.85. The monoisotopic (exact) mass is 330 g/mol. The summed E-state index contributed by atoms with van der Waals surface area (Å²) in [5.74, 6) is 0.273. The summed E-state index contributed by atoms with van der Waals surface area (Å²) < 4.78 is 0. The summed E-state index contributed by atoms with van der Waals surface area (Å²) in [6.07, 6.45) is 3.49. The third kappa shape index (κ3) is 4.55. The molecule has 2 fully saturated rings. The Morgan fingerprint density at radius 2 is 1.21 bits per heavy atom. The van der Waals surface area contributed by atoms with Gasteiger partial charge in [-0.05, 0) is 70.1 Å². The number of benzene rings is 1. The lowest BCUT2D eigenvalue weighted by molar-refractivity contribution is -0.121. The van der Waals surface area contributed by atoms with Crippen LogP contribution in [-0.2, 0) is 9.59 Å². The molecule has 2 aliphatic heterocycles. The Kier molecular flexibility index (Phi) is 5.82. The van der Waals surface area contributed by atoms with Gasteiger partial charge < -0.3 is 21.3 Å². The van der Waals surface area contributed by atoms with Crippen molar-refractivity contribution in [3.63, 3.8) is 0 Å². The van der Waals surface area contributed by atoms with E-state index in [1.165, 1.54) is 0 Å². The van der Waals surface area contributed by atoms with E-state index in [4.69, 9.17) is 0 Å². The zero-order chi connectivity index (χ0) is 16.8. The highest BCUT2D eigenvalue weighted by Gasteiger charge is 2.22. The molecular formula is C18H26N4O2. The predicted molar refractivity (Wildman–Crippen MR) is 94.9 cm³/mol. The number of piperidine rings is 2. The van der Waals surface area contributed by atoms with Crippen molar-refractivity contribution >= 4 is 23.2 Å². The molecule has 0 spiro atoms. The molecule has 0 aliphatic carbocycles. The first-order valence-corrected chi connectivity index (χ1v) is 8.85. The second-order valence-corrected chi connectivity index (χ2v) is 6.61.